The summed E-state index contributed by atoms with van der Waals surface area (Å²) in [5, 5.41) is 4.46. The molecule has 1 aliphatic rings. The highest BCUT2D eigenvalue weighted by atomic mass is 35.5. The fourth-order valence-electron chi connectivity index (χ4n) is 2.87. The van der Waals surface area contributed by atoms with E-state index in [2.05, 4.69) is 18.3 Å². The van der Waals surface area contributed by atoms with Gasteiger partial charge in [-0.3, -0.25) is 0 Å². The van der Waals surface area contributed by atoms with Gasteiger partial charge in [0.05, 0.1) is 12.2 Å². The summed E-state index contributed by atoms with van der Waals surface area (Å²) in [6.45, 7) is 4.94. The Bertz CT molecular complexity index is 427. The maximum atomic E-state index is 6.08. The molecule has 0 heterocycles. The molecule has 4 heteroatoms. The molecule has 1 aromatic carbocycles. The summed E-state index contributed by atoms with van der Waals surface area (Å²) in [6.07, 6.45) is 2.39. The molecule has 4 unspecified atom stereocenters. The zero-order valence-corrected chi connectivity index (χ0v) is 13.2. The van der Waals surface area contributed by atoms with Crippen LogP contribution in [0, 0.1) is 0 Å². The summed E-state index contributed by atoms with van der Waals surface area (Å²) in [4.78, 5) is 0. The van der Waals surface area contributed by atoms with E-state index in [0.29, 0.717) is 12.1 Å². The Morgan fingerprint density at radius 3 is 2.80 bits per heavy atom. The van der Waals surface area contributed by atoms with Crippen molar-refractivity contribution < 1.29 is 9.47 Å². The van der Waals surface area contributed by atoms with Crippen molar-refractivity contribution in [3.05, 3.63) is 34.9 Å². The van der Waals surface area contributed by atoms with Crippen LogP contribution < -0.4 is 5.32 Å². The highest BCUT2D eigenvalue weighted by molar-refractivity contribution is 6.30. The molecule has 1 aliphatic carbocycles. The first-order chi connectivity index (χ1) is 9.69. The molecule has 4 atom stereocenters. The van der Waals surface area contributed by atoms with E-state index >= 15 is 0 Å². The molecule has 1 N–H and O–H groups in total. The van der Waals surface area contributed by atoms with Gasteiger partial charge in [0.25, 0.3) is 0 Å². The standard InChI is InChI=1S/C16H24ClNO2/c1-4-13(11-7-6-8-12(17)9-11)18-14-10-15(20-5-2)16(14)19-3/h6-9,13-16,18H,4-5,10H2,1-3H3. The zero-order valence-electron chi connectivity index (χ0n) is 12.4. The number of ether oxygens (including phenoxy) is 2. The summed E-state index contributed by atoms with van der Waals surface area (Å²) in [5.41, 5.74) is 1.23. The van der Waals surface area contributed by atoms with Gasteiger partial charge in [-0.1, -0.05) is 30.7 Å². The van der Waals surface area contributed by atoms with E-state index in [1.54, 1.807) is 7.11 Å². The van der Waals surface area contributed by atoms with Gasteiger partial charge in [0, 0.05) is 30.8 Å². The molecule has 0 amide bonds. The minimum absolute atomic E-state index is 0.142. The number of hydrogen-bond donors (Lipinski definition) is 1. The molecule has 1 saturated carbocycles. The van der Waals surface area contributed by atoms with Crippen LogP contribution in [0.1, 0.15) is 38.3 Å². The molecule has 1 aromatic rings. The van der Waals surface area contributed by atoms with Crippen LogP contribution in [-0.2, 0) is 9.47 Å². The number of benzene rings is 1. The molecule has 112 valence electrons. The third-order valence-corrected chi connectivity index (χ3v) is 4.21. The van der Waals surface area contributed by atoms with E-state index in [-0.39, 0.29) is 12.2 Å². The van der Waals surface area contributed by atoms with Gasteiger partial charge in [-0.25, -0.2) is 0 Å². The molecule has 3 nitrogen and oxygen atoms in total. The molecule has 20 heavy (non-hydrogen) atoms. The SMILES string of the molecule is CCOC1CC(NC(CC)c2cccc(Cl)c2)C1OC. The smallest absolute Gasteiger partial charge is 0.0987 e. The molecule has 0 aliphatic heterocycles. The van der Waals surface area contributed by atoms with Crippen molar-refractivity contribution in [3.63, 3.8) is 0 Å². The lowest BCUT2D eigenvalue weighted by atomic mass is 9.84. The molecule has 0 saturated heterocycles. The Morgan fingerprint density at radius 1 is 1.40 bits per heavy atom. The second-order valence-corrected chi connectivity index (χ2v) is 5.66. The van der Waals surface area contributed by atoms with E-state index < -0.39 is 0 Å². The van der Waals surface area contributed by atoms with E-state index in [1.807, 2.05) is 25.1 Å². The third-order valence-electron chi connectivity index (χ3n) is 3.98. The monoisotopic (exact) mass is 297 g/mol. The van der Waals surface area contributed by atoms with Crippen molar-refractivity contribution in [2.24, 2.45) is 0 Å². The first-order valence-corrected chi connectivity index (χ1v) is 7.73. The molecule has 0 bridgehead atoms. The summed E-state index contributed by atoms with van der Waals surface area (Å²) < 4.78 is 11.2. The van der Waals surface area contributed by atoms with Crippen molar-refractivity contribution in [3.8, 4) is 0 Å². The third kappa shape index (κ3) is 3.53. The van der Waals surface area contributed by atoms with Crippen molar-refractivity contribution in [2.45, 2.75) is 51.0 Å². The first kappa shape index (κ1) is 15.8. The second kappa shape index (κ2) is 7.41. The predicted molar refractivity (Wildman–Crippen MR) is 82.2 cm³/mol. The normalized spacial score (nSPS) is 27.1. The highest BCUT2D eigenvalue weighted by Crippen LogP contribution is 2.30. The van der Waals surface area contributed by atoms with Crippen LogP contribution in [-0.4, -0.2) is 32.0 Å². The van der Waals surface area contributed by atoms with Crippen LogP contribution in [0.3, 0.4) is 0 Å². The topological polar surface area (TPSA) is 30.5 Å². The molecular formula is C16H24ClNO2. The highest BCUT2D eigenvalue weighted by Gasteiger charge is 2.42. The minimum atomic E-state index is 0.142. The number of methoxy groups -OCH3 is 1. The summed E-state index contributed by atoms with van der Waals surface area (Å²) >= 11 is 6.08. The molecule has 0 radical (unpaired) electrons. The lowest BCUT2D eigenvalue weighted by molar-refractivity contribution is -0.133. The van der Waals surface area contributed by atoms with E-state index in [9.17, 15) is 0 Å². The minimum Gasteiger partial charge on any atom is -0.377 e. The maximum absolute atomic E-state index is 6.08. The predicted octanol–water partition coefficient (Wildman–Crippen LogP) is 3.57. The lowest BCUT2D eigenvalue weighted by Crippen LogP contribution is -2.60. The molecule has 1 fully saturated rings. The van der Waals surface area contributed by atoms with Crippen LogP contribution in [0.2, 0.25) is 5.02 Å². The van der Waals surface area contributed by atoms with Gasteiger partial charge in [0.2, 0.25) is 0 Å². The van der Waals surface area contributed by atoms with E-state index in [1.165, 1.54) is 5.56 Å². The maximum Gasteiger partial charge on any atom is 0.0987 e. The quantitative estimate of drug-likeness (QED) is 0.834. The number of rotatable bonds is 7. The molecule has 2 rings (SSSR count). The Labute approximate surface area is 126 Å². The van der Waals surface area contributed by atoms with E-state index in [0.717, 1.165) is 24.5 Å². The van der Waals surface area contributed by atoms with Crippen LogP contribution in [0.15, 0.2) is 24.3 Å². The Kier molecular flexibility index (Phi) is 5.85. The first-order valence-electron chi connectivity index (χ1n) is 7.35. The van der Waals surface area contributed by atoms with Gasteiger partial charge in [0.1, 0.15) is 0 Å². The van der Waals surface area contributed by atoms with Gasteiger partial charge in [-0.15, -0.1) is 0 Å². The Balaban J connectivity index is 1.97. The van der Waals surface area contributed by atoms with Crippen molar-refractivity contribution in [2.75, 3.05) is 13.7 Å². The molecule has 0 aromatic heterocycles. The average molecular weight is 298 g/mol. The van der Waals surface area contributed by atoms with Gasteiger partial charge in [0.15, 0.2) is 0 Å². The Hall–Kier alpha value is -0.610. The fourth-order valence-corrected chi connectivity index (χ4v) is 3.07. The van der Waals surface area contributed by atoms with Gasteiger partial charge < -0.3 is 14.8 Å². The molecule has 0 spiro atoms. The van der Waals surface area contributed by atoms with Gasteiger partial charge in [-0.05, 0) is 37.5 Å². The van der Waals surface area contributed by atoms with Crippen molar-refractivity contribution in [1.29, 1.82) is 0 Å². The second-order valence-electron chi connectivity index (χ2n) is 5.22. The van der Waals surface area contributed by atoms with Crippen LogP contribution in [0.5, 0.6) is 0 Å². The number of nitrogens with one attached hydrogen (secondary N) is 1. The molecular weight excluding hydrogens is 274 g/mol. The summed E-state index contributed by atoms with van der Waals surface area (Å²) in [7, 11) is 1.75. The lowest BCUT2D eigenvalue weighted by Gasteiger charge is -2.45. The van der Waals surface area contributed by atoms with Crippen LogP contribution >= 0.6 is 11.6 Å². The average Bonchev–Trinajstić information content (AvgIpc) is 2.42. The number of halogens is 1. The van der Waals surface area contributed by atoms with Crippen molar-refractivity contribution >= 4 is 11.6 Å². The van der Waals surface area contributed by atoms with Gasteiger partial charge >= 0.3 is 0 Å². The summed E-state index contributed by atoms with van der Waals surface area (Å²) in [5.74, 6) is 0. The Morgan fingerprint density at radius 2 is 2.20 bits per heavy atom. The number of hydrogen-bond acceptors (Lipinski definition) is 3. The van der Waals surface area contributed by atoms with Crippen LogP contribution in [0.25, 0.3) is 0 Å². The zero-order chi connectivity index (χ0) is 14.5. The van der Waals surface area contributed by atoms with Crippen molar-refractivity contribution in [1.82, 2.24) is 5.32 Å². The van der Waals surface area contributed by atoms with Crippen LogP contribution in [0.4, 0.5) is 0 Å². The largest absolute Gasteiger partial charge is 0.377 e. The fraction of sp³-hybridized carbons (Fsp3) is 0.625. The van der Waals surface area contributed by atoms with E-state index in [4.69, 9.17) is 21.1 Å². The van der Waals surface area contributed by atoms with Gasteiger partial charge in [-0.2, -0.15) is 0 Å². The summed E-state index contributed by atoms with van der Waals surface area (Å²) in [6, 6.07) is 8.71.